The number of nitriles is 1. The van der Waals surface area contributed by atoms with Crippen LogP contribution in [0.15, 0.2) is 22.6 Å². The van der Waals surface area contributed by atoms with E-state index >= 15 is 0 Å². The fourth-order valence-corrected chi connectivity index (χ4v) is 2.42. The Bertz CT molecular complexity index is 907. The van der Waals surface area contributed by atoms with Gasteiger partial charge >= 0.3 is 0 Å². The Morgan fingerprint density at radius 2 is 1.96 bits per heavy atom. The van der Waals surface area contributed by atoms with Gasteiger partial charge in [0.2, 0.25) is 5.89 Å². The zero-order valence-electron chi connectivity index (χ0n) is 12.3. The topological polar surface area (TPSA) is 91.4 Å². The predicted octanol–water partition coefficient (Wildman–Crippen LogP) is 4.43. The van der Waals surface area contributed by atoms with Crippen LogP contribution in [-0.4, -0.2) is 20.4 Å². The summed E-state index contributed by atoms with van der Waals surface area (Å²) in [7, 11) is 0. The fraction of sp³-hybridized carbons (Fsp3) is 0.200. The summed E-state index contributed by atoms with van der Waals surface area (Å²) in [6.45, 7) is 3.93. The number of halogens is 2. The normalized spacial score (nSPS) is 11.0. The molecular weight excluding hydrogens is 337 g/mol. The Morgan fingerprint density at radius 1 is 1.17 bits per heavy atom. The monoisotopic (exact) mass is 347 g/mol. The first-order valence-corrected chi connectivity index (χ1v) is 7.54. The van der Waals surface area contributed by atoms with Crippen LogP contribution >= 0.6 is 23.2 Å². The number of rotatable bonds is 3. The second kappa shape index (κ2) is 6.03. The van der Waals surface area contributed by atoms with Crippen molar-refractivity contribution in [2.45, 2.75) is 19.8 Å². The third-order valence-corrected chi connectivity index (χ3v) is 3.96. The summed E-state index contributed by atoms with van der Waals surface area (Å²) in [5.41, 5.74) is 1.72. The molecule has 0 saturated heterocycles. The number of H-pyrrole nitrogens is 1. The summed E-state index contributed by atoms with van der Waals surface area (Å²) in [4.78, 5) is 4.48. The minimum atomic E-state index is 0.0530. The minimum Gasteiger partial charge on any atom is -0.440 e. The molecule has 0 amide bonds. The molecule has 0 spiro atoms. The maximum Gasteiger partial charge on any atom is 0.226 e. The van der Waals surface area contributed by atoms with Crippen molar-refractivity contribution in [3.8, 4) is 28.9 Å². The molecule has 116 valence electrons. The van der Waals surface area contributed by atoms with E-state index in [-0.39, 0.29) is 11.6 Å². The van der Waals surface area contributed by atoms with Crippen molar-refractivity contribution in [1.82, 2.24) is 20.4 Å². The number of aromatic nitrogens is 4. The first kappa shape index (κ1) is 15.5. The summed E-state index contributed by atoms with van der Waals surface area (Å²) < 4.78 is 5.88. The maximum absolute atomic E-state index is 9.13. The molecule has 1 N–H and O–H groups in total. The van der Waals surface area contributed by atoms with E-state index < -0.39 is 0 Å². The van der Waals surface area contributed by atoms with E-state index in [1.165, 1.54) is 0 Å². The van der Waals surface area contributed by atoms with Crippen LogP contribution in [0.2, 0.25) is 10.0 Å². The Balaban J connectivity index is 2.16. The number of oxazole rings is 1. The molecule has 0 atom stereocenters. The number of nitrogens with zero attached hydrogens (tertiary/aromatic N) is 4. The zero-order valence-corrected chi connectivity index (χ0v) is 13.8. The first-order valence-electron chi connectivity index (χ1n) is 6.78. The highest BCUT2D eigenvalue weighted by Crippen LogP contribution is 2.35. The smallest absolute Gasteiger partial charge is 0.226 e. The van der Waals surface area contributed by atoms with Crippen molar-refractivity contribution in [3.63, 3.8) is 0 Å². The molecule has 0 fully saturated rings. The molecule has 0 radical (unpaired) electrons. The van der Waals surface area contributed by atoms with E-state index in [0.29, 0.717) is 38.6 Å². The summed E-state index contributed by atoms with van der Waals surface area (Å²) >= 11 is 12.0. The number of hydrogen-bond donors (Lipinski definition) is 1. The van der Waals surface area contributed by atoms with Gasteiger partial charge in [-0.15, -0.1) is 5.10 Å². The second-order valence-corrected chi connectivity index (χ2v) is 5.96. The predicted molar refractivity (Wildman–Crippen MR) is 86.1 cm³/mol. The standard InChI is InChI=1S/C15H11Cl2N5O/c1-7(2)14-13(12-11(6-18)20-22-21-12)19-15(23-14)8-3-4-9(16)10(17)5-8/h3-5,7H,1-2H3,(H,20,21,22). The lowest BCUT2D eigenvalue weighted by molar-refractivity contribution is 0.496. The lowest BCUT2D eigenvalue weighted by Crippen LogP contribution is -1.91. The molecule has 2 heterocycles. The number of hydrogen-bond acceptors (Lipinski definition) is 5. The fourth-order valence-electron chi connectivity index (χ4n) is 2.12. The van der Waals surface area contributed by atoms with E-state index in [2.05, 4.69) is 20.4 Å². The maximum atomic E-state index is 9.13. The molecule has 3 rings (SSSR count). The van der Waals surface area contributed by atoms with Crippen molar-refractivity contribution in [2.24, 2.45) is 0 Å². The lowest BCUT2D eigenvalue weighted by atomic mass is 10.1. The van der Waals surface area contributed by atoms with Crippen LogP contribution < -0.4 is 0 Å². The first-order chi connectivity index (χ1) is 11.0. The van der Waals surface area contributed by atoms with Crippen molar-refractivity contribution in [2.75, 3.05) is 0 Å². The SMILES string of the molecule is CC(C)c1oc(-c2ccc(Cl)c(Cl)c2)nc1-c1n[nH]nc1C#N. The van der Waals surface area contributed by atoms with Gasteiger partial charge in [-0.2, -0.15) is 15.6 Å². The van der Waals surface area contributed by atoms with Crippen molar-refractivity contribution >= 4 is 23.2 Å². The molecule has 0 saturated carbocycles. The van der Waals surface area contributed by atoms with Crippen LogP contribution in [-0.2, 0) is 0 Å². The molecule has 0 aliphatic rings. The van der Waals surface area contributed by atoms with Crippen molar-refractivity contribution < 1.29 is 4.42 Å². The summed E-state index contributed by atoms with van der Waals surface area (Å²) in [6.07, 6.45) is 0. The zero-order chi connectivity index (χ0) is 16.6. The highest BCUT2D eigenvalue weighted by atomic mass is 35.5. The van der Waals surface area contributed by atoms with Gasteiger partial charge in [-0.05, 0) is 18.2 Å². The van der Waals surface area contributed by atoms with E-state index in [1.807, 2.05) is 19.9 Å². The third kappa shape index (κ3) is 2.81. The van der Waals surface area contributed by atoms with Gasteiger partial charge in [0, 0.05) is 11.5 Å². The summed E-state index contributed by atoms with van der Waals surface area (Å²) in [5.74, 6) is 1.06. The molecule has 0 aliphatic heterocycles. The van der Waals surface area contributed by atoms with Crippen molar-refractivity contribution in [1.29, 1.82) is 5.26 Å². The van der Waals surface area contributed by atoms with Crippen LogP contribution in [0.25, 0.3) is 22.8 Å². The van der Waals surface area contributed by atoms with Crippen LogP contribution in [0.4, 0.5) is 0 Å². The van der Waals surface area contributed by atoms with Gasteiger partial charge in [0.05, 0.1) is 10.0 Å². The molecular formula is C15H11Cl2N5O. The van der Waals surface area contributed by atoms with Gasteiger partial charge in [0.15, 0.2) is 11.4 Å². The van der Waals surface area contributed by atoms with Crippen LogP contribution in [0.1, 0.15) is 31.2 Å². The number of nitrogens with one attached hydrogen (secondary N) is 1. The molecule has 0 unspecified atom stereocenters. The average molecular weight is 348 g/mol. The van der Waals surface area contributed by atoms with Gasteiger partial charge < -0.3 is 4.42 Å². The minimum absolute atomic E-state index is 0.0530. The highest BCUT2D eigenvalue weighted by molar-refractivity contribution is 6.42. The average Bonchev–Trinajstić information content (AvgIpc) is 3.15. The largest absolute Gasteiger partial charge is 0.440 e. The van der Waals surface area contributed by atoms with Gasteiger partial charge in [0.1, 0.15) is 17.5 Å². The van der Waals surface area contributed by atoms with Gasteiger partial charge in [0.25, 0.3) is 0 Å². The second-order valence-electron chi connectivity index (χ2n) is 5.15. The van der Waals surface area contributed by atoms with Crippen LogP contribution in [0.3, 0.4) is 0 Å². The Morgan fingerprint density at radius 3 is 2.61 bits per heavy atom. The molecule has 0 aliphatic carbocycles. The summed E-state index contributed by atoms with van der Waals surface area (Å²) in [5, 5.41) is 20.2. The van der Waals surface area contributed by atoms with E-state index in [1.54, 1.807) is 18.2 Å². The number of aromatic amines is 1. The van der Waals surface area contributed by atoms with Crippen molar-refractivity contribution in [3.05, 3.63) is 39.7 Å². The molecule has 6 nitrogen and oxygen atoms in total. The molecule has 23 heavy (non-hydrogen) atoms. The Kier molecular flexibility index (Phi) is 4.07. The Labute approximate surface area is 142 Å². The lowest BCUT2D eigenvalue weighted by Gasteiger charge is -2.01. The molecule has 1 aromatic carbocycles. The Hall–Kier alpha value is -2.36. The van der Waals surface area contributed by atoms with Gasteiger partial charge in [-0.25, -0.2) is 4.98 Å². The highest BCUT2D eigenvalue weighted by Gasteiger charge is 2.23. The van der Waals surface area contributed by atoms with Crippen LogP contribution in [0.5, 0.6) is 0 Å². The van der Waals surface area contributed by atoms with E-state index in [4.69, 9.17) is 32.9 Å². The molecule has 2 aromatic heterocycles. The third-order valence-electron chi connectivity index (χ3n) is 3.22. The molecule has 3 aromatic rings. The summed E-state index contributed by atoms with van der Waals surface area (Å²) in [6, 6.07) is 7.10. The quantitative estimate of drug-likeness (QED) is 0.756. The number of benzene rings is 1. The van der Waals surface area contributed by atoms with Crippen LogP contribution in [0, 0.1) is 11.3 Å². The van der Waals surface area contributed by atoms with Gasteiger partial charge in [-0.3, -0.25) is 0 Å². The van der Waals surface area contributed by atoms with E-state index in [9.17, 15) is 0 Å². The molecule has 8 heteroatoms. The van der Waals surface area contributed by atoms with Gasteiger partial charge in [-0.1, -0.05) is 37.0 Å². The van der Waals surface area contributed by atoms with E-state index in [0.717, 1.165) is 0 Å². The molecule has 0 bridgehead atoms.